The Labute approximate surface area is 146 Å². The summed E-state index contributed by atoms with van der Waals surface area (Å²) < 4.78 is 27.9. The van der Waals surface area contributed by atoms with E-state index in [0.29, 0.717) is 13.0 Å². The van der Waals surface area contributed by atoms with E-state index < -0.39 is 11.6 Å². The van der Waals surface area contributed by atoms with E-state index in [-0.39, 0.29) is 5.69 Å². The van der Waals surface area contributed by atoms with Gasteiger partial charge in [0.1, 0.15) is 5.69 Å². The van der Waals surface area contributed by atoms with Crippen LogP contribution in [-0.4, -0.2) is 30.2 Å². The monoisotopic (exact) mass is 341 g/mol. The minimum atomic E-state index is -0.576. The number of hydrazone groups is 1. The van der Waals surface area contributed by atoms with Crippen LogP contribution in [0.4, 0.5) is 14.5 Å². The third-order valence-electron chi connectivity index (χ3n) is 4.86. The highest BCUT2D eigenvalue weighted by Crippen LogP contribution is 2.27. The standard InChI is InChI=1S/C20H21F2N3/c21-17-7-4-8-18(22)20(17)25-12-9-19(23-25)16-6-3-5-15(13-16)14-24-10-1-2-11-24/h3-8,13H,1-2,9-12,14H2. The summed E-state index contributed by atoms with van der Waals surface area (Å²) in [7, 11) is 0. The molecule has 5 heteroatoms. The van der Waals surface area contributed by atoms with Crippen molar-refractivity contribution in [1.29, 1.82) is 0 Å². The molecule has 0 N–H and O–H groups in total. The molecule has 2 aliphatic rings. The molecule has 2 aromatic carbocycles. The summed E-state index contributed by atoms with van der Waals surface area (Å²) in [6.45, 7) is 3.76. The minimum absolute atomic E-state index is 0.0641. The molecule has 2 aliphatic heterocycles. The van der Waals surface area contributed by atoms with Gasteiger partial charge >= 0.3 is 0 Å². The van der Waals surface area contributed by atoms with Gasteiger partial charge in [0.15, 0.2) is 11.6 Å². The molecule has 0 radical (unpaired) electrons. The summed E-state index contributed by atoms with van der Waals surface area (Å²) >= 11 is 0. The summed E-state index contributed by atoms with van der Waals surface area (Å²) in [5.41, 5.74) is 3.12. The van der Waals surface area contributed by atoms with E-state index in [9.17, 15) is 8.78 Å². The lowest BCUT2D eigenvalue weighted by molar-refractivity contribution is 0.331. The van der Waals surface area contributed by atoms with Gasteiger partial charge in [-0.1, -0.05) is 24.3 Å². The summed E-state index contributed by atoms with van der Waals surface area (Å²) in [6.07, 6.45) is 3.23. The fraction of sp³-hybridized carbons (Fsp3) is 0.350. The van der Waals surface area contributed by atoms with Crippen molar-refractivity contribution in [2.75, 3.05) is 24.6 Å². The molecule has 3 nitrogen and oxygen atoms in total. The van der Waals surface area contributed by atoms with E-state index in [2.05, 4.69) is 22.1 Å². The first-order valence-electron chi connectivity index (χ1n) is 8.81. The third-order valence-corrected chi connectivity index (χ3v) is 4.86. The van der Waals surface area contributed by atoms with E-state index in [1.807, 2.05) is 12.1 Å². The largest absolute Gasteiger partial charge is 0.299 e. The third kappa shape index (κ3) is 3.42. The smallest absolute Gasteiger partial charge is 0.151 e. The number of rotatable bonds is 4. The van der Waals surface area contributed by atoms with Crippen molar-refractivity contribution in [3.05, 3.63) is 65.2 Å². The zero-order valence-corrected chi connectivity index (χ0v) is 14.1. The maximum absolute atomic E-state index is 14.0. The predicted octanol–water partition coefficient (Wildman–Crippen LogP) is 4.18. The van der Waals surface area contributed by atoms with E-state index in [1.54, 1.807) is 0 Å². The van der Waals surface area contributed by atoms with Gasteiger partial charge in [0.2, 0.25) is 0 Å². The minimum Gasteiger partial charge on any atom is -0.299 e. The summed E-state index contributed by atoms with van der Waals surface area (Å²) in [6, 6.07) is 12.2. The van der Waals surface area contributed by atoms with Gasteiger partial charge in [0, 0.05) is 19.5 Å². The first-order chi connectivity index (χ1) is 12.2. The molecule has 130 valence electrons. The second kappa shape index (κ2) is 6.92. The second-order valence-corrected chi connectivity index (χ2v) is 6.67. The first kappa shape index (κ1) is 16.2. The summed E-state index contributed by atoms with van der Waals surface area (Å²) in [4.78, 5) is 2.45. The van der Waals surface area contributed by atoms with E-state index in [1.165, 1.54) is 41.6 Å². The van der Waals surface area contributed by atoms with Gasteiger partial charge in [0.25, 0.3) is 0 Å². The Morgan fingerprint density at radius 1 is 0.920 bits per heavy atom. The van der Waals surface area contributed by atoms with Crippen LogP contribution in [0.25, 0.3) is 0 Å². The summed E-state index contributed by atoms with van der Waals surface area (Å²) in [5.74, 6) is -1.15. The molecule has 0 unspecified atom stereocenters. The number of hydrogen-bond acceptors (Lipinski definition) is 3. The summed E-state index contributed by atoms with van der Waals surface area (Å²) in [5, 5.41) is 5.92. The normalized spacial score (nSPS) is 18.0. The van der Waals surface area contributed by atoms with Crippen molar-refractivity contribution in [2.45, 2.75) is 25.8 Å². The molecule has 0 saturated carbocycles. The number of likely N-dealkylation sites (tertiary alicyclic amines) is 1. The van der Waals surface area contributed by atoms with Crippen molar-refractivity contribution in [3.8, 4) is 0 Å². The number of halogens is 2. The van der Waals surface area contributed by atoms with Crippen LogP contribution in [0.15, 0.2) is 47.6 Å². The van der Waals surface area contributed by atoms with Gasteiger partial charge in [-0.05, 0) is 55.3 Å². The van der Waals surface area contributed by atoms with Gasteiger partial charge < -0.3 is 0 Å². The van der Waals surface area contributed by atoms with E-state index >= 15 is 0 Å². The predicted molar refractivity (Wildman–Crippen MR) is 95.8 cm³/mol. The Morgan fingerprint density at radius 3 is 2.40 bits per heavy atom. The van der Waals surface area contributed by atoms with Crippen molar-refractivity contribution in [3.63, 3.8) is 0 Å². The molecule has 0 spiro atoms. The quantitative estimate of drug-likeness (QED) is 0.831. The number of hydrogen-bond donors (Lipinski definition) is 0. The van der Waals surface area contributed by atoms with Crippen molar-refractivity contribution in [2.24, 2.45) is 5.10 Å². The lowest BCUT2D eigenvalue weighted by Gasteiger charge is -2.15. The highest BCUT2D eigenvalue weighted by atomic mass is 19.1. The average Bonchev–Trinajstić information content (AvgIpc) is 3.27. The molecule has 1 fully saturated rings. The van der Waals surface area contributed by atoms with Crippen LogP contribution in [-0.2, 0) is 6.54 Å². The second-order valence-electron chi connectivity index (χ2n) is 6.67. The molecular formula is C20H21F2N3. The highest BCUT2D eigenvalue weighted by Gasteiger charge is 2.23. The zero-order chi connectivity index (χ0) is 17.2. The number of para-hydroxylation sites is 1. The van der Waals surface area contributed by atoms with E-state index in [4.69, 9.17) is 0 Å². The van der Waals surface area contributed by atoms with Crippen LogP contribution >= 0.6 is 0 Å². The van der Waals surface area contributed by atoms with Gasteiger partial charge in [0.05, 0.1) is 5.71 Å². The molecule has 2 heterocycles. The Hall–Kier alpha value is -2.27. The van der Waals surface area contributed by atoms with Crippen LogP contribution in [0.2, 0.25) is 0 Å². The maximum Gasteiger partial charge on any atom is 0.151 e. The van der Waals surface area contributed by atoms with Crippen LogP contribution < -0.4 is 5.01 Å². The fourth-order valence-electron chi connectivity index (χ4n) is 3.61. The van der Waals surface area contributed by atoms with Crippen molar-refractivity contribution >= 4 is 11.4 Å². The van der Waals surface area contributed by atoms with Crippen LogP contribution in [0.3, 0.4) is 0 Å². The molecule has 0 aliphatic carbocycles. The lowest BCUT2D eigenvalue weighted by atomic mass is 10.0. The Bertz CT molecular complexity index is 777. The maximum atomic E-state index is 14.0. The first-order valence-corrected chi connectivity index (χ1v) is 8.81. The number of benzene rings is 2. The Kier molecular flexibility index (Phi) is 4.49. The highest BCUT2D eigenvalue weighted by molar-refractivity contribution is 6.02. The number of anilines is 1. The topological polar surface area (TPSA) is 18.8 Å². The van der Waals surface area contributed by atoms with Gasteiger partial charge in [-0.15, -0.1) is 0 Å². The van der Waals surface area contributed by atoms with Crippen molar-refractivity contribution in [1.82, 2.24) is 4.90 Å². The van der Waals surface area contributed by atoms with Crippen LogP contribution in [0, 0.1) is 11.6 Å². The molecule has 2 aromatic rings. The zero-order valence-electron chi connectivity index (χ0n) is 14.1. The molecule has 4 rings (SSSR count). The molecule has 0 atom stereocenters. The average molecular weight is 341 g/mol. The van der Waals surface area contributed by atoms with Crippen LogP contribution in [0.1, 0.15) is 30.4 Å². The fourth-order valence-corrected chi connectivity index (χ4v) is 3.61. The molecule has 0 bridgehead atoms. The van der Waals surface area contributed by atoms with Crippen molar-refractivity contribution < 1.29 is 8.78 Å². The van der Waals surface area contributed by atoms with Crippen LogP contribution in [0.5, 0.6) is 0 Å². The van der Waals surface area contributed by atoms with Gasteiger partial charge in [-0.2, -0.15) is 5.10 Å². The Morgan fingerprint density at radius 2 is 1.64 bits per heavy atom. The van der Waals surface area contributed by atoms with Gasteiger partial charge in [-0.3, -0.25) is 9.91 Å². The SMILES string of the molecule is Fc1cccc(F)c1N1CCC(c2cccc(CN3CCCC3)c2)=N1. The molecule has 1 saturated heterocycles. The Balaban J connectivity index is 1.56. The van der Waals surface area contributed by atoms with E-state index in [0.717, 1.165) is 30.9 Å². The molecule has 25 heavy (non-hydrogen) atoms. The molecular weight excluding hydrogens is 320 g/mol. The molecule has 0 aromatic heterocycles. The lowest BCUT2D eigenvalue weighted by Crippen LogP contribution is -2.18. The molecule has 0 amide bonds. The number of nitrogens with zero attached hydrogens (tertiary/aromatic N) is 3. The van der Waals surface area contributed by atoms with Gasteiger partial charge in [-0.25, -0.2) is 8.78 Å².